The Morgan fingerprint density at radius 3 is 1.89 bits per heavy atom. The Labute approximate surface area is 94.3 Å². The zero-order chi connectivity index (χ0) is 14.8. The highest BCUT2D eigenvalue weighted by Gasteiger charge is 2.75. The van der Waals surface area contributed by atoms with Crippen molar-refractivity contribution in [3.63, 3.8) is 0 Å². The Morgan fingerprint density at radius 1 is 1.11 bits per heavy atom. The first-order chi connectivity index (χ1) is 7.86. The van der Waals surface area contributed by atoms with E-state index in [1.165, 1.54) is 0 Å². The summed E-state index contributed by atoms with van der Waals surface area (Å²) in [5.41, 5.74) is 0. The van der Waals surface area contributed by atoms with Crippen LogP contribution in [0, 0.1) is 0 Å². The molecule has 0 bridgehead atoms. The van der Waals surface area contributed by atoms with Crippen LogP contribution in [-0.4, -0.2) is 48.5 Å². The molecule has 0 saturated carbocycles. The van der Waals surface area contributed by atoms with Crippen LogP contribution in [0.15, 0.2) is 0 Å². The van der Waals surface area contributed by atoms with Crippen LogP contribution >= 0.6 is 0 Å². The molecule has 3 nitrogen and oxygen atoms in total. The van der Waals surface area contributed by atoms with Crippen LogP contribution in [0.4, 0.5) is 35.1 Å². The summed E-state index contributed by atoms with van der Waals surface area (Å²) in [5, 5.41) is 7.94. The molecule has 18 heavy (non-hydrogen) atoms. The molecule has 0 unspecified atom stereocenters. The smallest absolute Gasteiger partial charge is 0.380 e. The molecule has 0 aromatic rings. The van der Waals surface area contributed by atoms with Gasteiger partial charge in [0, 0.05) is 0 Å². The van der Waals surface area contributed by atoms with E-state index in [1.54, 1.807) is 0 Å². The molecule has 1 N–H and O–H groups in total. The second-order valence-electron chi connectivity index (χ2n) is 3.09. The minimum absolute atomic E-state index is 1.47. The molecule has 0 amide bonds. The van der Waals surface area contributed by atoms with Crippen LogP contribution in [0.1, 0.15) is 0 Å². The topological polar surface area (TPSA) is 46.5 Å². The lowest BCUT2D eigenvalue weighted by Gasteiger charge is -2.31. The van der Waals surface area contributed by atoms with E-state index in [-0.39, 0.29) is 0 Å². The Hall–Kier alpha value is -1.13. The van der Waals surface area contributed by atoms with E-state index in [4.69, 9.17) is 5.11 Å². The Morgan fingerprint density at radius 2 is 1.56 bits per heavy atom. The summed E-state index contributed by atoms with van der Waals surface area (Å²) in [6.07, 6.45) is -5.02. The first-order valence-electron chi connectivity index (χ1n) is 4.07. The second kappa shape index (κ2) is 5.24. The predicted octanol–water partition coefficient (Wildman–Crippen LogP) is 2.26. The maximum atomic E-state index is 12.6. The number of carboxylic acids is 1. The van der Waals surface area contributed by atoms with Gasteiger partial charge in [-0.1, -0.05) is 0 Å². The molecule has 108 valence electrons. The maximum Gasteiger partial charge on any atom is 0.380 e. The van der Waals surface area contributed by atoms with Gasteiger partial charge in [-0.05, 0) is 0 Å². The van der Waals surface area contributed by atoms with Gasteiger partial charge < -0.3 is 9.84 Å². The molecule has 0 rings (SSSR count). The number of carbonyl (C=O) groups is 1. The highest BCUT2D eigenvalue weighted by Crippen LogP contribution is 2.48. The molecule has 0 aliphatic carbocycles. The highest BCUT2D eigenvalue weighted by molar-refractivity contribution is 5.67. The molecule has 0 spiro atoms. The lowest BCUT2D eigenvalue weighted by atomic mass is 10.1. The van der Waals surface area contributed by atoms with Crippen molar-refractivity contribution in [3.8, 4) is 0 Å². The summed E-state index contributed by atoms with van der Waals surface area (Å²) in [7, 11) is 0. The van der Waals surface area contributed by atoms with Crippen LogP contribution in [0.5, 0.6) is 0 Å². The largest absolute Gasteiger partial charge is 0.480 e. The first kappa shape index (κ1) is 16.9. The van der Waals surface area contributed by atoms with E-state index in [0.717, 1.165) is 0 Å². The number of alkyl halides is 8. The third-order valence-electron chi connectivity index (χ3n) is 1.66. The summed E-state index contributed by atoms with van der Waals surface area (Å²) in [6, 6.07) is 0. The SMILES string of the molecule is O=C(O)COCC(F)(F)C(F)(F)C(F)(F)C(F)F. The normalized spacial score (nSPS) is 14.1. The van der Waals surface area contributed by atoms with Gasteiger partial charge in [-0.15, -0.1) is 0 Å². The zero-order valence-electron chi connectivity index (χ0n) is 8.28. The highest BCUT2D eigenvalue weighted by atomic mass is 19.4. The van der Waals surface area contributed by atoms with E-state index < -0.39 is 43.4 Å². The fraction of sp³-hybridized carbons (Fsp3) is 0.857. The summed E-state index contributed by atoms with van der Waals surface area (Å²) < 4.78 is 102. The molecule has 0 aromatic carbocycles. The van der Waals surface area contributed by atoms with Crippen molar-refractivity contribution in [3.05, 3.63) is 0 Å². The van der Waals surface area contributed by atoms with Crippen molar-refractivity contribution in [2.45, 2.75) is 24.2 Å². The van der Waals surface area contributed by atoms with Crippen LogP contribution in [0.25, 0.3) is 0 Å². The fourth-order valence-electron chi connectivity index (χ4n) is 0.738. The van der Waals surface area contributed by atoms with E-state index in [1.807, 2.05) is 0 Å². The number of aliphatic carboxylic acids is 1. The summed E-state index contributed by atoms with van der Waals surface area (Å²) in [5.74, 6) is -20.1. The van der Waals surface area contributed by atoms with Crippen molar-refractivity contribution in [1.29, 1.82) is 0 Å². The van der Waals surface area contributed by atoms with Crippen LogP contribution < -0.4 is 0 Å². The summed E-state index contributed by atoms with van der Waals surface area (Å²) in [6.45, 7) is -3.90. The van der Waals surface area contributed by atoms with Crippen molar-refractivity contribution in [2.75, 3.05) is 13.2 Å². The standard InChI is InChI=1S/C7H6F8O3/c8-4(9)6(12,13)7(14,15)5(10,11)2-18-1-3(16)17/h4H,1-2H2,(H,16,17). The van der Waals surface area contributed by atoms with Gasteiger partial charge in [0.2, 0.25) is 0 Å². The van der Waals surface area contributed by atoms with Crippen LogP contribution in [0.3, 0.4) is 0 Å². The quantitative estimate of drug-likeness (QED) is 0.732. The van der Waals surface area contributed by atoms with Gasteiger partial charge in [-0.3, -0.25) is 0 Å². The van der Waals surface area contributed by atoms with Crippen molar-refractivity contribution in [2.24, 2.45) is 0 Å². The van der Waals surface area contributed by atoms with E-state index >= 15 is 0 Å². The number of ether oxygens (including phenoxy) is 1. The molecule has 0 fully saturated rings. The maximum absolute atomic E-state index is 12.6. The zero-order valence-corrected chi connectivity index (χ0v) is 8.28. The predicted molar refractivity (Wildman–Crippen MR) is 39.3 cm³/mol. The summed E-state index contributed by atoms with van der Waals surface area (Å²) in [4.78, 5) is 9.81. The van der Waals surface area contributed by atoms with Crippen LogP contribution in [-0.2, 0) is 9.53 Å². The molecule has 0 saturated heterocycles. The third-order valence-corrected chi connectivity index (χ3v) is 1.66. The van der Waals surface area contributed by atoms with E-state index in [0.29, 0.717) is 0 Å². The van der Waals surface area contributed by atoms with Gasteiger partial charge in [-0.25, -0.2) is 13.6 Å². The summed E-state index contributed by atoms with van der Waals surface area (Å²) >= 11 is 0. The molecule has 0 heterocycles. The van der Waals surface area contributed by atoms with Crippen LogP contribution in [0.2, 0.25) is 0 Å². The first-order valence-corrected chi connectivity index (χ1v) is 4.07. The Balaban J connectivity index is 4.90. The van der Waals surface area contributed by atoms with Crippen molar-refractivity contribution in [1.82, 2.24) is 0 Å². The van der Waals surface area contributed by atoms with Gasteiger partial charge in [-0.2, -0.15) is 26.3 Å². The minimum atomic E-state index is -6.38. The molecular weight excluding hydrogens is 284 g/mol. The lowest BCUT2D eigenvalue weighted by Crippen LogP contribution is -2.59. The second-order valence-corrected chi connectivity index (χ2v) is 3.09. The van der Waals surface area contributed by atoms with Gasteiger partial charge in [0.25, 0.3) is 0 Å². The molecular formula is C7H6F8O3. The lowest BCUT2D eigenvalue weighted by molar-refractivity contribution is -0.345. The molecule has 0 aliphatic heterocycles. The average Bonchev–Trinajstić information content (AvgIpc) is 2.15. The van der Waals surface area contributed by atoms with E-state index in [2.05, 4.69) is 4.74 Å². The molecule has 0 radical (unpaired) electrons. The Kier molecular flexibility index (Phi) is 4.91. The number of rotatable bonds is 7. The van der Waals surface area contributed by atoms with Gasteiger partial charge in [0.05, 0.1) is 0 Å². The number of halogens is 8. The minimum Gasteiger partial charge on any atom is -0.480 e. The van der Waals surface area contributed by atoms with Gasteiger partial charge in [0.1, 0.15) is 13.2 Å². The van der Waals surface area contributed by atoms with Crippen molar-refractivity contribution < 1.29 is 49.8 Å². The average molecular weight is 290 g/mol. The number of carboxylic acid groups (broad SMARTS) is 1. The monoisotopic (exact) mass is 290 g/mol. The molecule has 0 aliphatic rings. The molecule has 11 heteroatoms. The molecule has 0 atom stereocenters. The third kappa shape index (κ3) is 3.21. The van der Waals surface area contributed by atoms with Gasteiger partial charge in [0.15, 0.2) is 0 Å². The molecule has 0 aromatic heterocycles. The number of hydrogen-bond acceptors (Lipinski definition) is 2. The van der Waals surface area contributed by atoms with E-state index in [9.17, 15) is 39.9 Å². The Bertz CT molecular complexity index is 303. The van der Waals surface area contributed by atoms with Crippen molar-refractivity contribution >= 4 is 5.97 Å². The fourth-order valence-corrected chi connectivity index (χ4v) is 0.738. The number of hydrogen-bond donors (Lipinski definition) is 1. The van der Waals surface area contributed by atoms with Gasteiger partial charge >= 0.3 is 30.2 Å².